The first-order valence-corrected chi connectivity index (χ1v) is 1.67. The van der Waals surface area contributed by atoms with Gasteiger partial charge in [-0.05, 0) is 0 Å². The third-order valence-electron chi connectivity index (χ3n) is 0. The molecule has 0 saturated carbocycles. The molecule has 0 heterocycles. The molecule has 0 aliphatic carbocycles. The third-order valence-corrected chi connectivity index (χ3v) is 0. The van der Waals surface area contributed by atoms with Crippen molar-refractivity contribution in [2.24, 2.45) is 0 Å². The van der Waals surface area contributed by atoms with Gasteiger partial charge in [-0.15, -0.1) is 0 Å². The molecule has 0 aliphatic heterocycles. The van der Waals surface area contributed by atoms with Crippen molar-refractivity contribution in [3.63, 3.8) is 0 Å². The molecule has 0 spiro atoms. The smallest absolute Gasteiger partial charge is 0 e. The largest absolute Gasteiger partial charge is 0 e. The standard InChI is InChI=1S/2FH.2Li.2Y.H/h2*1H;;;;;/q;;;+1;;+1;/p-2. The van der Waals surface area contributed by atoms with Gasteiger partial charge in [0, 0.05) is 32.7 Å². The number of rotatable bonds is 0. The second kappa shape index (κ2) is 40.9. The van der Waals surface area contributed by atoms with Crippen LogP contribution in [-0.2, 0) is 64.4 Å². The van der Waals surface area contributed by atoms with Crippen LogP contribution in [0.3, 0.4) is 0 Å². The Hall–Kier alpha value is 3.26. The first-order valence-electron chi connectivity index (χ1n) is 0.596. The Morgan fingerprint density at radius 2 is 1.17 bits per heavy atom. The molecule has 6 heteroatoms. The Labute approximate surface area is 104 Å². The van der Waals surface area contributed by atoms with Crippen molar-refractivity contribution in [2.75, 3.05) is 0 Å². The summed E-state index contributed by atoms with van der Waals surface area (Å²) in [4.78, 5) is 0. The SMILES string of the molecule is [F][Y].[LiH].[Li][F].[Y]. The second-order valence-corrected chi connectivity index (χ2v) is 0. The summed E-state index contributed by atoms with van der Waals surface area (Å²) in [6.07, 6.45) is 0. The van der Waals surface area contributed by atoms with Crippen LogP contribution < -0.4 is 0 Å². The van der Waals surface area contributed by atoms with Gasteiger partial charge in [-0.25, -0.2) is 0 Å². The molecule has 0 saturated heterocycles. The zero-order valence-electron chi connectivity index (χ0n) is 2.91. The molecular formula is HF2Li2Y2. The van der Waals surface area contributed by atoms with Crippen molar-refractivity contribution >= 4 is 37.1 Å². The molecule has 0 unspecified atom stereocenters. The summed E-state index contributed by atoms with van der Waals surface area (Å²) >= 11 is 0.350. The summed E-state index contributed by atoms with van der Waals surface area (Å²) in [5.41, 5.74) is 0. The summed E-state index contributed by atoms with van der Waals surface area (Å²) in [6.45, 7) is 0. The van der Waals surface area contributed by atoms with Crippen LogP contribution in [0, 0.1) is 0 Å². The van der Waals surface area contributed by atoms with Gasteiger partial charge < -0.3 is 0 Å². The van der Waals surface area contributed by atoms with E-state index in [4.69, 9.17) is 0 Å². The predicted molar refractivity (Wildman–Crippen MR) is 15.1 cm³/mol. The van der Waals surface area contributed by atoms with Crippen LogP contribution in [0.1, 0.15) is 0 Å². The monoisotopic (exact) mass is 231 g/mol. The first-order chi connectivity index (χ1) is 2.00. The first kappa shape index (κ1) is 22.8. The summed E-state index contributed by atoms with van der Waals surface area (Å²) in [5, 5.41) is 0. The van der Waals surface area contributed by atoms with E-state index in [2.05, 4.69) is 0 Å². The van der Waals surface area contributed by atoms with Gasteiger partial charge in [0.05, 0.1) is 0 Å². The Kier molecular flexibility index (Phi) is 156. The molecule has 0 nitrogen and oxygen atoms in total. The Morgan fingerprint density at radius 3 is 1.17 bits per heavy atom. The van der Waals surface area contributed by atoms with E-state index < -0.39 is 0 Å². The van der Waals surface area contributed by atoms with E-state index in [-0.39, 0.29) is 83.2 Å². The predicted octanol–water partition coefficient (Wildman–Crippen LogP) is -0.194. The fourth-order valence-corrected chi connectivity index (χ4v) is 0. The number of hydrogen-bond donors (Lipinski definition) is 0. The quantitative estimate of drug-likeness (QED) is 0.506. The van der Waals surface area contributed by atoms with E-state index in [9.17, 15) is 5.30 Å². The van der Waals surface area contributed by atoms with Crippen molar-refractivity contribution in [1.82, 2.24) is 0 Å². The summed E-state index contributed by atoms with van der Waals surface area (Å²) in [7, 11) is 0. The maximum Gasteiger partial charge on any atom is 0 e. The molecular weight excluding hydrogens is 230 g/mol. The fraction of sp³-hybridized carbons (Fsp3) is 0. The average Bonchev–Trinajstić information content (AvgIpc) is 1.50. The molecule has 0 N–H and O–H groups in total. The Morgan fingerprint density at radius 1 is 1.17 bits per heavy atom. The average molecular weight is 231 g/mol. The molecule has 0 aromatic rings. The van der Waals surface area contributed by atoms with Gasteiger partial charge in [-0.3, -0.25) is 0 Å². The van der Waals surface area contributed by atoms with E-state index in [1.54, 1.807) is 0 Å². The van der Waals surface area contributed by atoms with E-state index in [0.717, 1.165) is 0 Å². The van der Waals surface area contributed by atoms with Gasteiger partial charge in [-0.2, -0.15) is 0 Å². The molecule has 0 fully saturated rings. The molecule has 23 valence electrons. The normalized spacial score (nSPS) is 1.83. The molecule has 0 rings (SSSR count). The van der Waals surface area contributed by atoms with Crippen molar-refractivity contribution in [1.29, 1.82) is 0 Å². The van der Waals surface area contributed by atoms with Crippen molar-refractivity contribution in [2.45, 2.75) is 0 Å². The van der Waals surface area contributed by atoms with Gasteiger partial charge in [0.15, 0.2) is 0 Å². The summed E-state index contributed by atoms with van der Waals surface area (Å²) in [6, 6.07) is 0. The minimum absolute atomic E-state index is 0. The fourth-order valence-electron chi connectivity index (χ4n) is 0. The molecule has 0 aromatic heterocycles. The molecule has 6 heavy (non-hydrogen) atoms. The Balaban J connectivity index is -0.00000000500. The minimum Gasteiger partial charge on any atom is 0 e. The second-order valence-electron chi connectivity index (χ2n) is 0. The molecule has 0 amide bonds. The number of hydrogen-bond acceptors (Lipinski definition) is 0. The van der Waals surface area contributed by atoms with Crippen LogP contribution in [0.5, 0.6) is 0 Å². The molecule has 0 aliphatic rings. The molecule has 0 aromatic carbocycles. The Bertz CT molecular complexity index is 9.51. The van der Waals surface area contributed by atoms with Gasteiger partial charge >= 0.3 is 74.0 Å². The third kappa shape index (κ3) is 26.8. The van der Waals surface area contributed by atoms with Gasteiger partial charge in [0.1, 0.15) is 0 Å². The van der Waals surface area contributed by atoms with Gasteiger partial charge in [0.25, 0.3) is 0 Å². The molecule has 0 atom stereocenters. The van der Waals surface area contributed by atoms with E-state index >= 15 is 0 Å². The van der Waals surface area contributed by atoms with Gasteiger partial charge in [-0.1, -0.05) is 0 Å². The topological polar surface area (TPSA) is 0 Å². The number of halogens is 2. The zero-order valence-corrected chi connectivity index (χ0v) is 8.59. The van der Waals surface area contributed by atoms with Crippen molar-refractivity contribution in [3.05, 3.63) is 0 Å². The minimum atomic E-state index is -0.150. The van der Waals surface area contributed by atoms with Crippen LogP contribution in [-0.4, -0.2) is 37.1 Å². The van der Waals surface area contributed by atoms with E-state index in [1.165, 1.54) is 0 Å². The van der Waals surface area contributed by atoms with Crippen molar-refractivity contribution < 1.29 is 69.7 Å². The summed E-state index contributed by atoms with van der Waals surface area (Å²) < 4.78 is 19.1. The van der Waals surface area contributed by atoms with E-state index in [1.807, 2.05) is 0 Å². The van der Waals surface area contributed by atoms with Crippen LogP contribution in [0.4, 0.5) is 5.30 Å². The van der Waals surface area contributed by atoms with Crippen LogP contribution in [0.2, 0.25) is 0 Å². The van der Waals surface area contributed by atoms with Crippen LogP contribution in [0.15, 0.2) is 0 Å². The maximum atomic E-state index is 9.63. The zero-order chi connectivity index (χ0) is 4.00. The maximum absolute atomic E-state index is 9.63. The summed E-state index contributed by atoms with van der Waals surface area (Å²) in [5.74, 6) is 0. The molecule has 1 radical (unpaired) electrons. The van der Waals surface area contributed by atoms with Crippen molar-refractivity contribution in [3.8, 4) is 0 Å². The van der Waals surface area contributed by atoms with Crippen LogP contribution in [0.25, 0.3) is 0 Å². The van der Waals surface area contributed by atoms with Gasteiger partial charge in [0.2, 0.25) is 0 Å². The van der Waals surface area contributed by atoms with E-state index in [0.29, 0.717) is 18.2 Å². The van der Waals surface area contributed by atoms with Crippen LogP contribution >= 0.6 is 0 Å². The molecule has 0 bridgehead atoms.